The molecule has 0 aliphatic carbocycles. The Morgan fingerprint density at radius 2 is 2.46 bits per heavy atom. The van der Waals surface area contributed by atoms with Crippen LogP contribution in [0.4, 0.5) is 0 Å². The summed E-state index contributed by atoms with van der Waals surface area (Å²) in [4.78, 5) is 12.5. The highest BCUT2D eigenvalue weighted by Gasteiger charge is 2.35. The Hall–Kier alpha value is -0.900. The maximum absolute atomic E-state index is 10.7. The van der Waals surface area contributed by atoms with E-state index in [4.69, 9.17) is 5.73 Å². The van der Waals surface area contributed by atoms with Crippen molar-refractivity contribution in [2.75, 3.05) is 5.75 Å². The van der Waals surface area contributed by atoms with Gasteiger partial charge < -0.3 is 10.6 Å². The van der Waals surface area contributed by atoms with Crippen LogP contribution < -0.4 is 5.73 Å². The van der Waals surface area contributed by atoms with Crippen LogP contribution in [0.1, 0.15) is 13.3 Å². The first-order valence-corrected chi connectivity index (χ1v) is 5.26. The fourth-order valence-electron chi connectivity index (χ4n) is 1.04. The third kappa shape index (κ3) is 2.52. The van der Waals surface area contributed by atoms with Gasteiger partial charge in [0.1, 0.15) is 0 Å². The van der Waals surface area contributed by atoms with Crippen LogP contribution in [0.3, 0.4) is 0 Å². The van der Waals surface area contributed by atoms with Crippen LogP contribution in [0.15, 0.2) is 24.6 Å². The monoisotopic (exact) mass is 198 g/mol. The standard InChI is InChI=1S/C6H7NOS.C3H7N/c8-5-4-6-7(5)2-1-3-9-6;1-2-3-4/h1-2,6H,3-4H2;2-3H,4H2,1H3. The number of carbonyl (C=O) groups excluding carboxylic acids is 1. The second-order valence-corrected chi connectivity index (χ2v) is 3.91. The maximum Gasteiger partial charge on any atom is 0.230 e. The summed E-state index contributed by atoms with van der Waals surface area (Å²) in [6.07, 6.45) is 7.94. The van der Waals surface area contributed by atoms with Crippen molar-refractivity contribution in [3.8, 4) is 0 Å². The SMILES string of the molecule is CC=CN.O=C1CC2SCC=CN12. The molecule has 4 heteroatoms. The summed E-state index contributed by atoms with van der Waals surface area (Å²) < 4.78 is 0. The predicted octanol–water partition coefficient (Wildman–Crippen LogP) is 1.28. The van der Waals surface area contributed by atoms with Crippen molar-refractivity contribution in [2.24, 2.45) is 5.73 Å². The molecule has 2 N–H and O–H groups in total. The molecule has 1 saturated heterocycles. The molecule has 1 unspecified atom stereocenters. The molecular formula is C9H14N2OS. The molecule has 2 heterocycles. The van der Waals surface area contributed by atoms with E-state index in [9.17, 15) is 4.79 Å². The van der Waals surface area contributed by atoms with Crippen LogP contribution in [0.5, 0.6) is 0 Å². The van der Waals surface area contributed by atoms with Gasteiger partial charge in [-0.15, -0.1) is 11.8 Å². The summed E-state index contributed by atoms with van der Waals surface area (Å²) in [6.45, 7) is 1.88. The Bertz CT molecular complexity index is 234. The lowest BCUT2D eigenvalue weighted by atomic mass is 10.2. The van der Waals surface area contributed by atoms with Gasteiger partial charge >= 0.3 is 0 Å². The molecule has 0 bridgehead atoms. The minimum atomic E-state index is 0.267. The lowest BCUT2D eigenvalue weighted by molar-refractivity contribution is -0.137. The number of β-lactam (4-membered cyclic amide) rings is 1. The van der Waals surface area contributed by atoms with E-state index in [0.717, 1.165) is 12.2 Å². The van der Waals surface area contributed by atoms with Crippen molar-refractivity contribution in [3.05, 3.63) is 24.6 Å². The summed E-state index contributed by atoms with van der Waals surface area (Å²) >= 11 is 1.84. The van der Waals surface area contributed by atoms with Gasteiger partial charge in [0.15, 0.2) is 0 Å². The molecule has 1 atom stereocenters. The largest absolute Gasteiger partial charge is 0.405 e. The number of hydrogen-bond donors (Lipinski definition) is 1. The molecular weight excluding hydrogens is 184 g/mol. The minimum Gasteiger partial charge on any atom is -0.405 e. The fourth-order valence-corrected chi connectivity index (χ4v) is 2.07. The van der Waals surface area contributed by atoms with Crippen LogP contribution in [0, 0.1) is 0 Å². The molecule has 0 aromatic rings. The Kier molecular flexibility index (Phi) is 3.89. The second kappa shape index (κ2) is 4.97. The van der Waals surface area contributed by atoms with E-state index in [0.29, 0.717) is 5.37 Å². The van der Waals surface area contributed by atoms with E-state index in [1.165, 1.54) is 6.20 Å². The van der Waals surface area contributed by atoms with Crippen molar-refractivity contribution in [1.29, 1.82) is 0 Å². The van der Waals surface area contributed by atoms with Gasteiger partial charge in [-0.2, -0.15) is 0 Å². The molecule has 0 aromatic heterocycles. The van der Waals surface area contributed by atoms with Gasteiger partial charge in [0.05, 0.1) is 11.8 Å². The fraction of sp³-hybridized carbons (Fsp3) is 0.444. The molecule has 0 radical (unpaired) electrons. The third-order valence-electron chi connectivity index (χ3n) is 1.79. The first-order valence-electron chi connectivity index (χ1n) is 4.22. The van der Waals surface area contributed by atoms with E-state index in [-0.39, 0.29) is 5.91 Å². The van der Waals surface area contributed by atoms with Crippen LogP contribution in [0.25, 0.3) is 0 Å². The molecule has 13 heavy (non-hydrogen) atoms. The van der Waals surface area contributed by atoms with Crippen molar-refractivity contribution in [2.45, 2.75) is 18.7 Å². The van der Waals surface area contributed by atoms with Crippen molar-refractivity contribution < 1.29 is 4.79 Å². The zero-order valence-corrected chi connectivity index (χ0v) is 8.46. The average Bonchev–Trinajstić information content (AvgIpc) is 2.17. The van der Waals surface area contributed by atoms with Gasteiger partial charge in [-0.1, -0.05) is 12.2 Å². The Morgan fingerprint density at radius 1 is 1.77 bits per heavy atom. The van der Waals surface area contributed by atoms with Gasteiger partial charge in [0.25, 0.3) is 0 Å². The summed E-state index contributed by atoms with van der Waals surface area (Å²) in [5.74, 6) is 1.33. The lowest BCUT2D eigenvalue weighted by Crippen LogP contribution is -2.48. The highest BCUT2D eigenvalue weighted by atomic mass is 32.2. The van der Waals surface area contributed by atoms with E-state index in [1.807, 2.05) is 31.0 Å². The van der Waals surface area contributed by atoms with Crippen molar-refractivity contribution in [3.63, 3.8) is 0 Å². The Labute approximate surface area is 82.7 Å². The van der Waals surface area contributed by atoms with E-state index in [1.54, 1.807) is 11.0 Å². The van der Waals surface area contributed by atoms with Gasteiger partial charge in [0, 0.05) is 12.0 Å². The molecule has 0 saturated carbocycles. The Morgan fingerprint density at radius 3 is 2.85 bits per heavy atom. The summed E-state index contributed by atoms with van der Waals surface area (Å²) in [5.41, 5.74) is 4.85. The quantitative estimate of drug-likeness (QED) is 0.596. The van der Waals surface area contributed by atoms with Gasteiger partial charge in [-0.25, -0.2) is 0 Å². The second-order valence-electron chi connectivity index (χ2n) is 2.70. The first-order chi connectivity index (χ1) is 6.29. The number of fused-ring (bicyclic) bond motifs is 1. The number of carbonyl (C=O) groups is 1. The predicted molar refractivity (Wildman–Crippen MR) is 55.9 cm³/mol. The van der Waals surface area contributed by atoms with Gasteiger partial charge in [-0.3, -0.25) is 4.79 Å². The lowest BCUT2D eigenvalue weighted by Gasteiger charge is -2.39. The smallest absolute Gasteiger partial charge is 0.230 e. The molecule has 2 aliphatic heterocycles. The number of allylic oxidation sites excluding steroid dienone is 1. The van der Waals surface area contributed by atoms with Crippen LogP contribution in [0.2, 0.25) is 0 Å². The zero-order chi connectivity index (χ0) is 9.68. The zero-order valence-electron chi connectivity index (χ0n) is 7.64. The van der Waals surface area contributed by atoms with Crippen molar-refractivity contribution in [1.82, 2.24) is 4.90 Å². The first kappa shape index (κ1) is 10.2. The van der Waals surface area contributed by atoms with Crippen molar-refractivity contribution >= 4 is 17.7 Å². The Balaban J connectivity index is 0.000000184. The molecule has 3 nitrogen and oxygen atoms in total. The van der Waals surface area contributed by atoms with Crippen LogP contribution in [-0.2, 0) is 4.79 Å². The average molecular weight is 198 g/mol. The van der Waals surface area contributed by atoms with Crippen LogP contribution >= 0.6 is 11.8 Å². The topological polar surface area (TPSA) is 46.3 Å². The van der Waals surface area contributed by atoms with Crippen LogP contribution in [-0.4, -0.2) is 21.9 Å². The molecule has 1 amide bonds. The number of thioether (sulfide) groups is 1. The van der Waals surface area contributed by atoms with E-state index in [2.05, 4.69) is 0 Å². The summed E-state index contributed by atoms with van der Waals surface area (Å²) in [5, 5.41) is 0.475. The number of nitrogens with zero attached hydrogens (tertiary/aromatic N) is 1. The molecule has 2 rings (SSSR count). The normalized spacial score (nSPS) is 24.8. The van der Waals surface area contributed by atoms with E-state index >= 15 is 0 Å². The number of amides is 1. The highest BCUT2D eigenvalue weighted by molar-refractivity contribution is 8.00. The molecule has 0 aromatic carbocycles. The van der Waals surface area contributed by atoms with Gasteiger partial charge in [-0.05, 0) is 13.1 Å². The molecule has 0 spiro atoms. The summed E-state index contributed by atoms with van der Waals surface area (Å²) in [6, 6.07) is 0. The minimum absolute atomic E-state index is 0.267. The maximum atomic E-state index is 10.7. The number of hydrogen-bond acceptors (Lipinski definition) is 3. The highest BCUT2D eigenvalue weighted by Crippen LogP contribution is 2.32. The molecule has 1 fully saturated rings. The number of nitrogens with two attached hydrogens (primary N) is 1. The number of rotatable bonds is 0. The van der Waals surface area contributed by atoms with Gasteiger partial charge in [0.2, 0.25) is 5.91 Å². The van der Waals surface area contributed by atoms with E-state index < -0.39 is 0 Å². The third-order valence-corrected chi connectivity index (χ3v) is 2.95. The summed E-state index contributed by atoms with van der Waals surface area (Å²) in [7, 11) is 0. The molecule has 72 valence electrons. The molecule has 2 aliphatic rings.